The minimum atomic E-state index is 0.266. The van der Waals surface area contributed by atoms with E-state index >= 15 is 0 Å². The maximum absolute atomic E-state index is 5.61. The minimum absolute atomic E-state index is 0.266. The van der Waals surface area contributed by atoms with Crippen LogP contribution in [0.4, 0.5) is 5.95 Å². The van der Waals surface area contributed by atoms with Crippen LogP contribution in [0, 0.1) is 4.77 Å². The van der Waals surface area contributed by atoms with Crippen LogP contribution in [-0.2, 0) is 4.74 Å². The second kappa shape index (κ2) is 7.22. The maximum atomic E-state index is 5.61. The third-order valence-electron chi connectivity index (χ3n) is 3.84. The van der Waals surface area contributed by atoms with Crippen LogP contribution in [-0.4, -0.2) is 41.1 Å². The van der Waals surface area contributed by atoms with Gasteiger partial charge in [0.05, 0.1) is 12.7 Å². The van der Waals surface area contributed by atoms with Gasteiger partial charge in [-0.25, -0.2) is 5.10 Å². The van der Waals surface area contributed by atoms with Crippen LogP contribution in [0.2, 0.25) is 0 Å². The molecule has 5 nitrogen and oxygen atoms in total. The van der Waals surface area contributed by atoms with E-state index in [0.717, 1.165) is 17.3 Å². The van der Waals surface area contributed by atoms with Gasteiger partial charge in [0, 0.05) is 19.6 Å². The topological polar surface area (TPSA) is 46.1 Å². The summed E-state index contributed by atoms with van der Waals surface area (Å²) in [5.41, 5.74) is 0. The van der Waals surface area contributed by atoms with Crippen molar-refractivity contribution in [2.75, 3.05) is 25.1 Å². The summed E-state index contributed by atoms with van der Waals surface area (Å²) in [5.74, 6) is 0.939. The number of hydrogen-bond donors (Lipinski definition) is 1. The summed E-state index contributed by atoms with van der Waals surface area (Å²) in [6.45, 7) is 5.64. The van der Waals surface area contributed by atoms with E-state index in [0.29, 0.717) is 12.6 Å². The molecule has 1 aliphatic rings. The number of aromatic nitrogens is 3. The van der Waals surface area contributed by atoms with Crippen molar-refractivity contribution in [3.63, 3.8) is 0 Å². The Bertz CT molecular complexity index is 462. The minimum Gasteiger partial charge on any atom is -0.377 e. The molecule has 114 valence electrons. The Labute approximate surface area is 126 Å². The quantitative estimate of drug-likeness (QED) is 0.819. The summed E-state index contributed by atoms with van der Waals surface area (Å²) in [7, 11) is 2.05. The van der Waals surface area contributed by atoms with Crippen LogP contribution in [0.3, 0.4) is 0 Å². The smallest absolute Gasteiger partial charge is 0.225 e. The van der Waals surface area contributed by atoms with E-state index in [2.05, 4.69) is 33.5 Å². The largest absolute Gasteiger partial charge is 0.377 e. The lowest BCUT2D eigenvalue weighted by molar-refractivity contribution is 0.0843. The molecule has 1 aliphatic carbocycles. The van der Waals surface area contributed by atoms with Crippen molar-refractivity contribution in [3.8, 4) is 0 Å². The number of rotatable bonds is 6. The molecule has 20 heavy (non-hydrogen) atoms. The van der Waals surface area contributed by atoms with Gasteiger partial charge in [-0.1, -0.05) is 19.3 Å². The number of aromatic amines is 1. The number of H-pyrrole nitrogens is 1. The predicted molar refractivity (Wildman–Crippen MR) is 83.9 cm³/mol. The predicted octanol–water partition coefficient (Wildman–Crippen LogP) is 3.31. The van der Waals surface area contributed by atoms with Gasteiger partial charge in [-0.3, -0.25) is 4.57 Å². The number of ether oxygens (including phenoxy) is 1. The lowest BCUT2D eigenvalue weighted by Gasteiger charge is -2.27. The molecule has 0 unspecified atom stereocenters. The molecule has 1 fully saturated rings. The summed E-state index contributed by atoms with van der Waals surface area (Å²) < 4.78 is 8.55. The Balaban J connectivity index is 2.05. The lowest BCUT2D eigenvalue weighted by Crippen LogP contribution is -2.28. The second-order valence-electron chi connectivity index (χ2n) is 5.83. The number of hydrogen-bond acceptors (Lipinski definition) is 4. The standard InChI is InChI=1S/C14H26N4OS/c1-11(2)19-10-9-17(3)13-15-16-14(20)18(13)12-7-5-4-6-8-12/h11-12H,4-10H2,1-3H3,(H,16,20). The number of anilines is 1. The van der Waals surface area contributed by atoms with Gasteiger partial charge in [0.2, 0.25) is 5.95 Å². The third-order valence-corrected chi connectivity index (χ3v) is 4.13. The Morgan fingerprint density at radius 1 is 1.40 bits per heavy atom. The highest BCUT2D eigenvalue weighted by Gasteiger charge is 2.21. The van der Waals surface area contributed by atoms with Crippen LogP contribution >= 0.6 is 12.2 Å². The fourth-order valence-corrected chi connectivity index (χ4v) is 3.04. The van der Waals surface area contributed by atoms with Gasteiger partial charge in [-0.15, -0.1) is 5.10 Å². The monoisotopic (exact) mass is 298 g/mol. The molecule has 0 bridgehead atoms. The number of likely N-dealkylation sites (N-methyl/N-ethyl adjacent to an activating group) is 1. The van der Waals surface area contributed by atoms with Crippen molar-refractivity contribution < 1.29 is 4.74 Å². The van der Waals surface area contributed by atoms with Crippen molar-refractivity contribution in [2.24, 2.45) is 0 Å². The number of nitrogens with zero attached hydrogens (tertiary/aromatic N) is 3. The Hall–Kier alpha value is -0.880. The molecule has 0 aliphatic heterocycles. The van der Waals surface area contributed by atoms with E-state index in [1.54, 1.807) is 0 Å². The summed E-state index contributed by atoms with van der Waals surface area (Å²) >= 11 is 5.41. The molecule has 0 atom stereocenters. The maximum Gasteiger partial charge on any atom is 0.225 e. The van der Waals surface area contributed by atoms with Crippen molar-refractivity contribution in [1.29, 1.82) is 0 Å². The zero-order valence-electron chi connectivity index (χ0n) is 12.8. The van der Waals surface area contributed by atoms with Crippen molar-refractivity contribution in [1.82, 2.24) is 14.8 Å². The third kappa shape index (κ3) is 3.82. The first-order chi connectivity index (χ1) is 9.59. The molecule has 1 N–H and O–H groups in total. The molecular weight excluding hydrogens is 272 g/mol. The molecule has 1 aromatic rings. The average molecular weight is 298 g/mol. The first-order valence-electron chi connectivity index (χ1n) is 7.59. The molecule has 0 radical (unpaired) electrons. The van der Waals surface area contributed by atoms with E-state index in [-0.39, 0.29) is 6.10 Å². The Kier molecular flexibility index (Phi) is 5.60. The van der Waals surface area contributed by atoms with Gasteiger partial charge < -0.3 is 9.64 Å². The van der Waals surface area contributed by atoms with E-state index < -0.39 is 0 Å². The van der Waals surface area contributed by atoms with Gasteiger partial charge >= 0.3 is 0 Å². The van der Waals surface area contributed by atoms with E-state index in [1.807, 2.05) is 7.05 Å². The summed E-state index contributed by atoms with van der Waals surface area (Å²) in [4.78, 5) is 2.13. The van der Waals surface area contributed by atoms with Crippen LogP contribution in [0.25, 0.3) is 0 Å². The zero-order valence-corrected chi connectivity index (χ0v) is 13.6. The molecule has 1 heterocycles. The van der Waals surface area contributed by atoms with E-state index in [9.17, 15) is 0 Å². The van der Waals surface area contributed by atoms with Crippen molar-refractivity contribution >= 4 is 18.2 Å². The molecule has 1 saturated carbocycles. The molecule has 0 spiro atoms. The van der Waals surface area contributed by atoms with Gasteiger partial charge in [0.15, 0.2) is 4.77 Å². The lowest BCUT2D eigenvalue weighted by atomic mass is 9.95. The van der Waals surface area contributed by atoms with Crippen molar-refractivity contribution in [3.05, 3.63) is 4.77 Å². The van der Waals surface area contributed by atoms with E-state index in [1.165, 1.54) is 32.1 Å². The summed E-state index contributed by atoms with van der Waals surface area (Å²) in [6, 6.07) is 0.499. The first-order valence-corrected chi connectivity index (χ1v) is 8.00. The van der Waals surface area contributed by atoms with Crippen LogP contribution < -0.4 is 4.90 Å². The first kappa shape index (κ1) is 15.5. The SMILES string of the molecule is CC(C)OCCN(C)c1n[nH]c(=S)n1C1CCCCC1. The van der Waals surface area contributed by atoms with Gasteiger partial charge in [-0.2, -0.15) is 0 Å². The van der Waals surface area contributed by atoms with Crippen LogP contribution in [0.5, 0.6) is 0 Å². The molecule has 0 aromatic carbocycles. The summed E-state index contributed by atoms with van der Waals surface area (Å²) in [5, 5.41) is 7.35. The fraction of sp³-hybridized carbons (Fsp3) is 0.857. The molecular formula is C14H26N4OS. The molecule has 2 rings (SSSR count). The summed E-state index contributed by atoms with van der Waals surface area (Å²) in [6.07, 6.45) is 6.60. The molecule has 0 saturated heterocycles. The molecule has 6 heteroatoms. The Morgan fingerprint density at radius 3 is 2.75 bits per heavy atom. The highest BCUT2D eigenvalue weighted by atomic mass is 32.1. The van der Waals surface area contributed by atoms with Gasteiger partial charge in [0.25, 0.3) is 0 Å². The second-order valence-corrected chi connectivity index (χ2v) is 6.22. The van der Waals surface area contributed by atoms with Gasteiger partial charge in [0.1, 0.15) is 0 Å². The average Bonchev–Trinajstić information content (AvgIpc) is 2.81. The zero-order chi connectivity index (χ0) is 14.5. The van der Waals surface area contributed by atoms with Crippen LogP contribution in [0.15, 0.2) is 0 Å². The van der Waals surface area contributed by atoms with Gasteiger partial charge in [-0.05, 0) is 38.9 Å². The van der Waals surface area contributed by atoms with Crippen LogP contribution in [0.1, 0.15) is 52.0 Å². The highest BCUT2D eigenvalue weighted by molar-refractivity contribution is 7.71. The normalized spacial score (nSPS) is 16.8. The highest BCUT2D eigenvalue weighted by Crippen LogP contribution is 2.31. The molecule has 0 amide bonds. The fourth-order valence-electron chi connectivity index (χ4n) is 2.76. The Morgan fingerprint density at radius 2 is 2.10 bits per heavy atom. The molecule has 1 aromatic heterocycles. The van der Waals surface area contributed by atoms with E-state index in [4.69, 9.17) is 17.0 Å². The number of nitrogens with one attached hydrogen (secondary N) is 1. The van der Waals surface area contributed by atoms with Crippen molar-refractivity contribution in [2.45, 2.75) is 58.1 Å².